The number of aromatic nitrogens is 3. The maximum Gasteiger partial charge on any atom is 0.236 e. The van der Waals surface area contributed by atoms with Gasteiger partial charge in [0.15, 0.2) is 0 Å². The van der Waals surface area contributed by atoms with Crippen LogP contribution in [0.3, 0.4) is 0 Å². The Morgan fingerprint density at radius 3 is 2.54 bits per heavy atom. The third-order valence-corrected chi connectivity index (χ3v) is 4.66. The second-order valence-corrected chi connectivity index (χ2v) is 6.18. The molecule has 0 atom stereocenters. The number of nitrogens with zero attached hydrogens (tertiary/aromatic N) is 5. The zero-order valence-electron chi connectivity index (χ0n) is 14.8. The summed E-state index contributed by atoms with van der Waals surface area (Å²) in [5.74, 6) is 2.66. The number of fused-ring (bicyclic) bond motifs is 1. The highest BCUT2D eigenvalue weighted by Crippen LogP contribution is 2.35. The molecule has 7 nitrogen and oxygen atoms in total. The van der Waals surface area contributed by atoms with Crippen LogP contribution in [0.5, 0.6) is 11.5 Å². The molecule has 1 aromatic carbocycles. The van der Waals surface area contributed by atoms with Crippen LogP contribution in [0.15, 0.2) is 30.6 Å². The number of hydrogen-bond donors (Lipinski definition) is 0. The fraction of sp³-hybridized carbons (Fsp3) is 0.316. The van der Waals surface area contributed by atoms with Gasteiger partial charge in [0.2, 0.25) is 5.78 Å². The summed E-state index contributed by atoms with van der Waals surface area (Å²) in [6.07, 6.45) is 6.26. The minimum Gasteiger partial charge on any atom is -0.496 e. The Balaban J connectivity index is 1.80. The van der Waals surface area contributed by atoms with Crippen molar-refractivity contribution in [2.45, 2.75) is 12.8 Å². The molecular formula is C19H19N5O2. The van der Waals surface area contributed by atoms with E-state index >= 15 is 0 Å². The van der Waals surface area contributed by atoms with E-state index in [1.54, 1.807) is 19.2 Å². The van der Waals surface area contributed by atoms with Gasteiger partial charge >= 0.3 is 0 Å². The van der Waals surface area contributed by atoms with Crippen LogP contribution in [0.25, 0.3) is 17.0 Å². The Labute approximate surface area is 151 Å². The fourth-order valence-electron chi connectivity index (χ4n) is 3.30. The largest absolute Gasteiger partial charge is 0.496 e. The number of hydrogen-bond acceptors (Lipinski definition) is 6. The van der Waals surface area contributed by atoms with E-state index < -0.39 is 0 Å². The van der Waals surface area contributed by atoms with Crippen molar-refractivity contribution in [1.82, 2.24) is 14.4 Å². The molecule has 4 rings (SSSR count). The zero-order chi connectivity index (χ0) is 18.1. The first-order valence-electron chi connectivity index (χ1n) is 8.50. The molecule has 1 aliphatic heterocycles. The molecule has 1 fully saturated rings. The molecule has 0 aliphatic carbocycles. The van der Waals surface area contributed by atoms with Crippen molar-refractivity contribution in [3.63, 3.8) is 0 Å². The van der Waals surface area contributed by atoms with Gasteiger partial charge in [0.05, 0.1) is 25.5 Å². The van der Waals surface area contributed by atoms with Crippen molar-refractivity contribution in [3.8, 4) is 28.8 Å². The number of methoxy groups -OCH3 is 2. The predicted octanol–water partition coefficient (Wildman–Crippen LogP) is 2.89. The van der Waals surface area contributed by atoms with Crippen molar-refractivity contribution < 1.29 is 9.47 Å². The predicted molar refractivity (Wildman–Crippen MR) is 97.7 cm³/mol. The summed E-state index contributed by atoms with van der Waals surface area (Å²) in [7, 11) is 3.12. The molecule has 0 radical (unpaired) electrons. The van der Waals surface area contributed by atoms with Gasteiger partial charge in [0, 0.05) is 37.1 Å². The molecule has 0 bridgehead atoms. The molecule has 0 spiro atoms. The SMILES string of the molecule is COc1cc(OC)c(-c2cn3ccc(N4CCCC4)nc3n2)cc1C#N. The normalized spacial score (nSPS) is 13.8. The summed E-state index contributed by atoms with van der Waals surface area (Å²) in [6, 6.07) is 7.61. The fourth-order valence-corrected chi connectivity index (χ4v) is 3.30. The van der Waals surface area contributed by atoms with Gasteiger partial charge in [0.25, 0.3) is 0 Å². The minimum absolute atomic E-state index is 0.436. The Morgan fingerprint density at radius 2 is 1.85 bits per heavy atom. The highest BCUT2D eigenvalue weighted by atomic mass is 16.5. The first-order chi connectivity index (χ1) is 12.7. The Morgan fingerprint density at radius 1 is 1.08 bits per heavy atom. The second-order valence-electron chi connectivity index (χ2n) is 6.18. The average Bonchev–Trinajstić information content (AvgIpc) is 3.35. The van der Waals surface area contributed by atoms with Gasteiger partial charge in [-0.3, -0.25) is 4.40 Å². The molecule has 1 aliphatic rings. The van der Waals surface area contributed by atoms with Crippen molar-refractivity contribution >= 4 is 11.6 Å². The molecule has 0 N–H and O–H groups in total. The minimum atomic E-state index is 0.436. The molecule has 0 unspecified atom stereocenters. The van der Waals surface area contributed by atoms with Crippen LogP contribution in [0.2, 0.25) is 0 Å². The number of imidazole rings is 1. The Hall–Kier alpha value is -3.27. The lowest BCUT2D eigenvalue weighted by Gasteiger charge is -2.15. The smallest absolute Gasteiger partial charge is 0.236 e. The number of benzene rings is 1. The van der Waals surface area contributed by atoms with Gasteiger partial charge in [-0.1, -0.05) is 0 Å². The van der Waals surface area contributed by atoms with E-state index in [4.69, 9.17) is 9.47 Å². The maximum atomic E-state index is 9.37. The first-order valence-corrected chi connectivity index (χ1v) is 8.50. The summed E-state index contributed by atoms with van der Waals surface area (Å²) >= 11 is 0. The van der Waals surface area contributed by atoms with Gasteiger partial charge in [0.1, 0.15) is 23.4 Å². The standard InChI is InChI=1S/C19H19N5O2/c1-25-16-10-17(26-2)14(9-13(16)11-20)15-12-24-8-5-18(22-19(24)21-15)23-6-3-4-7-23/h5,8-10,12H,3-4,6-7H2,1-2H3. The third kappa shape index (κ3) is 2.69. The van der Waals surface area contributed by atoms with E-state index in [2.05, 4.69) is 20.9 Å². The lowest BCUT2D eigenvalue weighted by molar-refractivity contribution is 0.394. The topological polar surface area (TPSA) is 75.7 Å². The van der Waals surface area contributed by atoms with Crippen LogP contribution in [-0.2, 0) is 0 Å². The van der Waals surface area contributed by atoms with Crippen LogP contribution < -0.4 is 14.4 Å². The van der Waals surface area contributed by atoms with E-state index in [9.17, 15) is 5.26 Å². The number of ether oxygens (including phenoxy) is 2. The summed E-state index contributed by atoms with van der Waals surface area (Å²) in [6.45, 7) is 2.07. The third-order valence-electron chi connectivity index (χ3n) is 4.66. The van der Waals surface area contributed by atoms with Crippen LogP contribution in [0.1, 0.15) is 18.4 Å². The molecule has 2 aromatic heterocycles. The number of anilines is 1. The maximum absolute atomic E-state index is 9.37. The van der Waals surface area contributed by atoms with Crippen LogP contribution in [-0.4, -0.2) is 41.7 Å². The number of nitriles is 1. The van der Waals surface area contributed by atoms with Gasteiger partial charge in [-0.2, -0.15) is 10.2 Å². The number of rotatable bonds is 4. The molecule has 0 saturated carbocycles. The summed E-state index contributed by atoms with van der Waals surface area (Å²) in [4.78, 5) is 11.6. The van der Waals surface area contributed by atoms with Gasteiger partial charge in [-0.15, -0.1) is 0 Å². The molecule has 1 saturated heterocycles. The van der Waals surface area contributed by atoms with E-state index in [-0.39, 0.29) is 0 Å². The monoisotopic (exact) mass is 349 g/mol. The lowest BCUT2D eigenvalue weighted by Crippen LogP contribution is -2.19. The molecule has 7 heteroatoms. The van der Waals surface area contributed by atoms with Gasteiger partial charge in [-0.25, -0.2) is 4.98 Å². The average molecular weight is 349 g/mol. The van der Waals surface area contributed by atoms with E-state index in [0.29, 0.717) is 28.5 Å². The van der Waals surface area contributed by atoms with E-state index in [0.717, 1.165) is 24.5 Å². The Kier molecular flexibility index (Phi) is 4.09. The quantitative estimate of drug-likeness (QED) is 0.721. The second kappa shape index (κ2) is 6.56. The van der Waals surface area contributed by atoms with Crippen LogP contribution in [0.4, 0.5) is 5.82 Å². The summed E-state index contributed by atoms with van der Waals surface area (Å²) in [5.41, 5.74) is 1.87. The molecule has 0 amide bonds. The highest BCUT2D eigenvalue weighted by molar-refractivity contribution is 5.73. The molecule has 3 aromatic rings. The Bertz CT molecular complexity index is 999. The van der Waals surface area contributed by atoms with Crippen molar-refractivity contribution in [1.29, 1.82) is 5.26 Å². The zero-order valence-corrected chi connectivity index (χ0v) is 14.8. The van der Waals surface area contributed by atoms with Crippen LogP contribution >= 0.6 is 0 Å². The summed E-state index contributed by atoms with van der Waals surface area (Å²) < 4.78 is 12.6. The van der Waals surface area contributed by atoms with E-state index in [1.165, 1.54) is 20.0 Å². The molecule has 132 valence electrons. The highest BCUT2D eigenvalue weighted by Gasteiger charge is 2.17. The molecule has 26 heavy (non-hydrogen) atoms. The van der Waals surface area contributed by atoms with Gasteiger partial charge in [-0.05, 0) is 25.0 Å². The molecular weight excluding hydrogens is 330 g/mol. The lowest BCUT2D eigenvalue weighted by atomic mass is 10.1. The molecule has 3 heterocycles. The first kappa shape index (κ1) is 16.2. The van der Waals surface area contributed by atoms with Gasteiger partial charge < -0.3 is 14.4 Å². The van der Waals surface area contributed by atoms with Crippen LogP contribution in [0, 0.1) is 11.3 Å². The van der Waals surface area contributed by atoms with Crippen molar-refractivity contribution in [3.05, 3.63) is 36.2 Å². The van der Waals surface area contributed by atoms with E-state index in [1.807, 2.05) is 22.9 Å². The summed E-state index contributed by atoms with van der Waals surface area (Å²) in [5, 5.41) is 9.37. The van der Waals surface area contributed by atoms with Crippen molar-refractivity contribution in [2.75, 3.05) is 32.2 Å². The van der Waals surface area contributed by atoms with Crippen molar-refractivity contribution in [2.24, 2.45) is 0 Å².